The van der Waals surface area contributed by atoms with Crippen LogP contribution in [-0.4, -0.2) is 113 Å². The van der Waals surface area contributed by atoms with Crippen molar-refractivity contribution in [3.63, 3.8) is 0 Å². The number of aliphatic carboxylic acids is 1. The summed E-state index contributed by atoms with van der Waals surface area (Å²) >= 11 is 1.28. The van der Waals surface area contributed by atoms with Crippen LogP contribution in [0.4, 0.5) is 0 Å². The molecule has 1 saturated carbocycles. The quantitative estimate of drug-likeness (QED) is 0.242. The van der Waals surface area contributed by atoms with Crippen molar-refractivity contribution in [2.75, 3.05) is 39.4 Å². The highest BCUT2D eigenvalue weighted by Crippen LogP contribution is 2.50. The average Bonchev–Trinajstić information content (AvgIpc) is 3.50. The third-order valence-corrected chi connectivity index (χ3v) is 14.8. The van der Waals surface area contributed by atoms with Gasteiger partial charge >= 0.3 is 13.5 Å². The predicted octanol–water partition coefficient (Wildman–Crippen LogP) is 3.94. The number of nitrogens with one attached hydrogen (secondary N) is 2. The van der Waals surface area contributed by atoms with Crippen LogP contribution in [0.25, 0.3) is 10.1 Å². The molecule has 7 atom stereocenters. The Kier molecular flexibility index (Phi) is 10.5. The van der Waals surface area contributed by atoms with Gasteiger partial charge in [-0.1, -0.05) is 24.3 Å². The number of benzene rings is 2. The zero-order valence-electron chi connectivity index (χ0n) is 30.6. The van der Waals surface area contributed by atoms with E-state index in [0.29, 0.717) is 80.3 Å². The molecule has 4 amide bonds. The topological polar surface area (TPSA) is 175 Å². The minimum Gasteiger partial charge on any atom is -0.480 e. The number of likely N-dealkylation sites (tertiary alicyclic amines) is 1. The molecule has 2 aromatic carbocycles. The lowest BCUT2D eigenvalue weighted by molar-refractivity contribution is -0.156. The number of carbonyl (C=O) groups excluding carboxylic acids is 4. The second kappa shape index (κ2) is 15.3. The number of hydrogen-bond donors (Lipinski definition) is 3. The largest absolute Gasteiger partial charge is 0.480 e. The summed E-state index contributed by atoms with van der Waals surface area (Å²) in [7, 11) is -3.74. The number of carboxylic acid groups (broad SMARTS) is 1. The Bertz CT molecular complexity index is 2030. The van der Waals surface area contributed by atoms with Crippen molar-refractivity contribution >= 4 is 58.5 Å². The molecular formula is C39H46N5O9PS. The highest BCUT2D eigenvalue weighted by atomic mass is 32.1. The van der Waals surface area contributed by atoms with Crippen LogP contribution in [0.1, 0.15) is 54.3 Å². The molecule has 292 valence electrons. The Hall–Kier alpha value is -4.30. The van der Waals surface area contributed by atoms with Gasteiger partial charge in [-0.25, -0.2) is 5.09 Å². The summed E-state index contributed by atoms with van der Waals surface area (Å²) in [5.74, 6) is -0.899. The van der Waals surface area contributed by atoms with Gasteiger partial charge in [0.1, 0.15) is 23.9 Å². The first-order valence-electron chi connectivity index (χ1n) is 19.1. The van der Waals surface area contributed by atoms with Gasteiger partial charge < -0.3 is 34.4 Å². The van der Waals surface area contributed by atoms with Crippen LogP contribution in [-0.2, 0) is 34.6 Å². The lowest BCUT2D eigenvalue weighted by Gasteiger charge is -2.44. The zero-order chi connectivity index (χ0) is 38.4. The molecule has 5 aliphatic rings. The molecule has 5 fully saturated rings. The normalized spacial score (nSPS) is 26.8. The second-order valence-corrected chi connectivity index (χ2v) is 18.7. The molecule has 4 aliphatic heterocycles. The summed E-state index contributed by atoms with van der Waals surface area (Å²) in [5.41, 5.74) is 0.631. The molecule has 1 unspecified atom stereocenters. The van der Waals surface area contributed by atoms with Crippen LogP contribution in [0.15, 0.2) is 54.6 Å². The number of rotatable bonds is 11. The number of nitrogens with zero attached hydrogens (tertiary/aromatic N) is 3. The molecule has 14 nitrogen and oxygen atoms in total. The lowest BCUT2D eigenvalue weighted by atomic mass is 9.96. The van der Waals surface area contributed by atoms with Crippen LogP contribution >= 0.6 is 18.9 Å². The molecule has 5 heterocycles. The maximum Gasteiger partial charge on any atom is 0.321 e. The van der Waals surface area contributed by atoms with E-state index in [-0.39, 0.29) is 41.8 Å². The van der Waals surface area contributed by atoms with E-state index < -0.39 is 31.6 Å². The van der Waals surface area contributed by atoms with Crippen LogP contribution in [0.2, 0.25) is 0 Å². The summed E-state index contributed by atoms with van der Waals surface area (Å²) < 4.78 is 26.1. The molecular weight excluding hydrogens is 745 g/mol. The van der Waals surface area contributed by atoms with Gasteiger partial charge in [0.15, 0.2) is 0 Å². The molecule has 0 bridgehead atoms. The van der Waals surface area contributed by atoms with E-state index in [1.54, 1.807) is 52.3 Å². The van der Waals surface area contributed by atoms with Crippen molar-refractivity contribution in [2.24, 2.45) is 17.8 Å². The van der Waals surface area contributed by atoms with E-state index in [1.807, 2.05) is 17.0 Å². The monoisotopic (exact) mass is 791 g/mol. The Morgan fingerprint density at radius 2 is 1.71 bits per heavy atom. The Morgan fingerprint density at radius 3 is 2.45 bits per heavy atom. The van der Waals surface area contributed by atoms with Gasteiger partial charge in [-0.3, -0.25) is 28.5 Å². The molecule has 1 aromatic heterocycles. The number of ether oxygens (including phenoxy) is 1. The third-order valence-electron chi connectivity index (χ3n) is 11.6. The van der Waals surface area contributed by atoms with Crippen molar-refractivity contribution in [3.05, 3.63) is 65.0 Å². The van der Waals surface area contributed by atoms with Crippen LogP contribution in [0.3, 0.4) is 0 Å². The molecule has 0 spiro atoms. The summed E-state index contributed by atoms with van der Waals surface area (Å²) in [6.45, 7) is 4.29. The van der Waals surface area contributed by atoms with Crippen molar-refractivity contribution < 1.29 is 42.9 Å². The SMILES string of the molecule is C[C@H](NP(=O)(Cc1ccc2sc(C(=O)N[C@H]3C[C@@H]4C[C@@H]4C[C@H]4CC[C@@H](C(=O)N5CC(C(=O)N6CCOCC6)C5)N4C3=O)cc2c1)Oc1ccccc1)C(=O)O. The maximum absolute atomic E-state index is 14.3. The van der Waals surface area contributed by atoms with E-state index in [1.165, 1.54) is 18.3 Å². The van der Waals surface area contributed by atoms with E-state index >= 15 is 0 Å². The first-order chi connectivity index (χ1) is 26.4. The highest BCUT2D eigenvalue weighted by molar-refractivity contribution is 7.56. The van der Waals surface area contributed by atoms with Crippen molar-refractivity contribution in [1.82, 2.24) is 25.1 Å². The molecule has 3 N–H and O–H groups in total. The van der Waals surface area contributed by atoms with E-state index in [9.17, 15) is 33.6 Å². The average molecular weight is 792 g/mol. The third kappa shape index (κ3) is 8.03. The number of fused-ring (bicyclic) bond motifs is 3. The maximum atomic E-state index is 14.3. The van der Waals surface area contributed by atoms with E-state index in [4.69, 9.17) is 9.26 Å². The Labute approximate surface area is 323 Å². The smallest absolute Gasteiger partial charge is 0.321 e. The minimum absolute atomic E-state index is 0.0541. The minimum atomic E-state index is -3.74. The van der Waals surface area contributed by atoms with Crippen molar-refractivity contribution in [1.29, 1.82) is 0 Å². The fourth-order valence-corrected chi connectivity index (χ4v) is 11.6. The van der Waals surface area contributed by atoms with E-state index in [0.717, 1.165) is 29.3 Å². The molecule has 16 heteroatoms. The highest BCUT2D eigenvalue weighted by Gasteiger charge is 2.53. The number of para-hydroxylation sites is 1. The summed E-state index contributed by atoms with van der Waals surface area (Å²) in [6.07, 6.45) is 3.61. The van der Waals surface area contributed by atoms with Gasteiger partial charge in [-0.15, -0.1) is 11.3 Å². The zero-order valence-corrected chi connectivity index (χ0v) is 32.3. The Morgan fingerprint density at radius 1 is 0.964 bits per heavy atom. The van der Waals surface area contributed by atoms with Gasteiger partial charge in [0.2, 0.25) is 17.7 Å². The first kappa shape index (κ1) is 37.6. The van der Waals surface area contributed by atoms with Gasteiger partial charge in [-0.2, -0.15) is 0 Å². The standard InChI is InChI=1S/C39H46N5O9PS/c1-23(39(49)50)41-54(51,53-30-5-3-2-4-6-30)22-24-7-10-33-27(15-24)19-34(55-33)35(45)40-31-18-26-16-25(26)17-29-8-9-32(44(29)37(31)47)38(48)43-20-28(21-43)36(46)42-11-13-52-14-12-42/h2-7,10,15,19,23,25-26,28-29,31-32H,8-9,11-14,16-18,20-22H2,1H3,(H,40,45)(H,41,51)(H,49,50)/t23-,25+,26-,29+,31-,32-,54?/m0/s1. The molecule has 4 saturated heterocycles. The van der Waals surface area contributed by atoms with Gasteiger partial charge in [-0.05, 0) is 92.1 Å². The molecule has 55 heavy (non-hydrogen) atoms. The van der Waals surface area contributed by atoms with Gasteiger partial charge in [0.05, 0.1) is 30.2 Å². The van der Waals surface area contributed by atoms with Crippen molar-refractivity contribution in [2.45, 2.75) is 69.4 Å². The van der Waals surface area contributed by atoms with E-state index in [2.05, 4.69) is 10.4 Å². The van der Waals surface area contributed by atoms with Gasteiger partial charge in [0, 0.05) is 36.9 Å². The summed E-state index contributed by atoms with van der Waals surface area (Å²) in [4.78, 5) is 72.3. The number of thiophene rings is 1. The fourth-order valence-electron chi connectivity index (χ4n) is 8.58. The second-order valence-electron chi connectivity index (χ2n) is 15.5. The fraction of sp³-hybridized carbons (Fsp3) is 0.513. The predicted molar refractivity (Wildman–Crippen MR) is 204 cm³/mol. The molecule has 3 aromatic rings. The van der Waals surface area contributed by atoms with Crippen LogP contribution in [0.5, 0.6) is 5.75 Å². The number of carboxylic acids is 1. The first-order valence-corrected chi connectivity index (χ1v) is 21.7. The molecule has 0 radical (unpaired) electrons. The summed E-state index contributed by atoms with van der Waals surface area (Å²) in [6, 6.07) is 13.2. The number of carbonyl (C=O) groups is 5. The molecule has 1 aliphatic carbocycles. The lowest BCUT2D eigenvalue weighted by Crippen LogP contribution is -2.62. The summed E-state index contributed by atoms with van der Waals surface area (Å²) in [5, 5.41) is 16.0. The molecule has 8 rings (SSSR count). The number of amides is 4. The van der Waals surface area contributed by atoms with Crippen LogP contribution < -0.4 is 14.9 Å². The number of hydrogen-bond acceptors (Lipinski definition) is 9. The van der Waals surface area contributed by atoms with Crippen LogP contribution in [0, 0.1) is 17.8 Å². The number of morpholine rings is 1. The van der Waals surface area contributed by atoms with Gasteiger partial charge in [0.25, 0.3) is 5.91 Å². The Balaban J connectivity index is 0.947. The van der Waals surface area contributed by atoms with Crippen molar-refractivity contribution in [3.8, 4) is 5.75 Å².